The summed E-state index contributed by atoms with van der Waals surface area (Å²) in [6.45, 7) is 7.15. The number of halogens is 2. The largest absolute Gasteiger partial charge is 0.0829 e. The second-order valence-electron chi connectivity index (χ2n) is 6.36. The molecule has 0 spiro atoms. The van der Waals surface area contributed by atoms with Crippen LogP contribution in [0, 0.1) is 17.8 Å². The maximum atomic E-state index is 2.74. The molecule has 0 bridgehead atoms. The molecule has 1 rings (SSSR count). The Kier molecular flexibility index (Phi) is 9.15. The molecule has 0 aliphatic heterocycles. The van der Waals surface area contributed by atoms with E-state index in [0.29, 0.717) is 0 Å². The molecule has 1 aliphatic carbocycles. The lowest BCUT2D eigenvalue weighted by Crippen LogP contribution is -2.18. The number of unbranched alkanes of at least 4 members (excludes halogenated alkanes) is 1. The fourth-order valence-electron chi connectivity index (χ4n) is 3.37. The van der Waals surface area contributed by atoms with Crippen molar-refractivity contribution in [1.29, 1.82) is 0 Å². The Bertz CT molecular complexity index is 215. The van der Waals surface area contributed by atoms with Gasteiger partial charge in [0.05, 0.1) is 0 Å². The normalized spacial score (nSPS) is 31.5. The van der Waals surface area contributed by atoms with Crippen LogP contribution >= 0.6 is 45.2 Å². The molecule has 1 fully saturated rings. The summed E-state index contributed by atoms with van der Waals surface area (Å²) in [7, 11) is 0. The molecule has 0 saturated heterocycles. The van der Waals surface area contributed by atoms with E-state index in [1.165, 1.54) is 51.4 Å². The van der Waals surface area contributed by atoms with Crippen LogP contribution in [0.5, 0.6) is 0 Å². The van der Waals surface area contributed by atoms with Gasteiger partial charge in [-0.05, 0) is 49.9 Å². The number of hydrogen-bond acceptors (Lipinski definition) is 0. The summed E-state index contributed by atoms with van der Waals surface area (Å²) in [5, 5.41) is 0. The topological polar surface area (TPSA) is 0 Å². The van der Waals surface area contributed by atoms with E-state index in [2.05, 4.69) is 66.0 Å². The Morgan fingerprint density at radius 1 is 1.17 bits per heavy atom. The lowest BCUT2D eigenvalue weighted by Gasteiger charge is -2.25. The lowest BCUT2D eigenvalue weighted by molar-refractivity contribution is 0.293. The molecule has 2 heteroatoms. The zero-order valence-electron chi connectivity index (χ0n) is 12.3. The third-order valence-electron chi connectivity index (χ3n) is 4.54. The van der Waals surface area contributed by atoms with Gasteiger partial charge in [-0.3, -0.25) is 0 Å². The van der Waals surface area contributed by atoms with Gasteiger partial charge < -0.3 is 0 Å². The lowest BCUT2D eigenvalue weighted by atomic mass is 9.83. The van der Waals surface area contributed by atoms with Crippen LogP contribution in [0.3, 0.4) is 0 Å². The summed E-state index contributed by atoms with van der Waals surface area (Å²) in [6.07, 6.45) is 11.6. The number of alkyl halides is 2. The Balaban J connectivity index is 2.38. The summed E-state index contributed by atoms with van der Waals surface area (Å²) in [5.74, 6) is 3.01. The Hall–Kier alpha value is 1.46. The van der Waals surface area contributed by atoms with Gasteiger partial charge in [0.1, 0.15) is 0 Å². The van der Waals surface area contributed by atoms with Crippen molar-refractivity contribution >= 4 is 45.2 Å². The van der Waals surface area contributed by atoms with E-state index in [1.54, 1.807) is 0 Å². The van der Waals surface area contributed by atoms with E-state index in [4.69, 9.17) is 0 Å². The third-order valence-corrected chi connectivity index (χ3v) is 6.71. The first-order chi connectivity index (χ1) is 8.54. The standard InChI is InChI=1S/C16H30I2/c1-4-5-6-12(2)11-15-14(8-7-13(3)17)9-10-16(15)18/h12-16H,4-11H2,1-3H3/t12?,13-,14?,15?,16-/m0/s1. The summed E-state index contributed by atoms with van der Waals surface area (Å²) in [4.78, 5) is 0. The molecule has 0 radical (unpaired) electrons. The highest BCUT2D eigenvalue weighted by Gasteiger charge is 2.34. The van der Waals surface area contributed by atoms with E-state index >= 15 is 0 Å². The van der Waals surface area contributed by atoms with Gasteiger partial charge in [-0.1, -0.05) is 85.2 Å². The highest BCUT2D eigenvalue weighted by molar-refractivity contribution is 14.1. The first kappa shape index (κ1) is 17.5. The summed E-state index contributed by atoms with van der Waals surface area (Å²) < 4.78 is 1.82. The van der Waals surface area contributed by atoms with Crippen LogP contribution in [0.15, 0.2) is 0 Å². The molecule has 3 unspecified atom stereocenters. The molecule has 0 aromatic rings. The van der Waals surface area contributed by atoms with E-state index < -0.39 is 0 Å². The molecule has 0 N–H and O–H groups in total. The van der Waals surface area contributed by atoms with Gasteiger partial charge in [-0.2, -0.15) is 0 Å². The number of rotatable bonds is 8. The van der Waals surface area contributed by atoms with Crippen LogP contribution in [-0.2, 0) is 0 Å². The molecular formula is C16H30I2. The van der Waals surface area contributed by atoms with Crippen molar-refractivity contribution in [2.45, 2.75) is 80.0 Å². The van der Waals surface area contributed by atoms with Crippen LogP contribution in [0.25, 0.3) is 0 Å². The minimum absolute atomic E-state index is 0.856. The molecule has 0 aromatic carbocycles. The van der Waals surface area contributed by atoms with Gasteiger partial charge in [0.2, 0.25) is 0 Å². The quantitative estimate of drug-likeness (QED) is 0.272. The van der Waals surface area contributed by atoms with E-state index in [-0.39, 0.29) is 0 Å². The fraction of sp³-hybridized carbons (Fsp3) is 1.00. The second-order valence-corrected chi connectivity index (χ2v) is 10.1. The van der Waals surface area contributed by atoms with Crippen molar-refractivity contribution in [1.82, 2.24) is 0 Å². The van der Waals surface area contributed by atoms with Crippen molar-refractivity contribution < 1.29 is 0 Å². The third kappa shape index (κ3) is 6.27. The summed E-state index contributed by atoms with van der Waals surface area (Å²) >= 11 is 5.32. The Morgan fingerprint density at radius 2 is 1.89 bits per heavy atom. The molecule has 1 saturated carbocycles. The van der Waals surface area contributed by atoms with E-state index in [0.717, 1.165) is 25.6 Å². The van der Waals surface area contributed by atoms with Gasteiger partial charge in [-0.15, -0.1) is 0 Å². The van der Waals surface area contributed by atoms with Crippen molar-refractivity contribution in [3.63, 3.8) is 0 Å². The molecule has 18 heavy (non-hydrogen) atoms. The van der Waals surface area contributed by atoms with Crippen LogP contribution in [-0.4, -0.2) is 7.85 Å². The van der Waals surface area contributed by atoms with Crippen molar-refractivity contribution in [3.05, 3.63) is 0 Å². The monoisotopic (exact) mass is 476 g/mol. The molecule has 0 aromatic heterocycles. The zero-order chi connectivity index (χ0) is 13.5. The predicted octanol–water partition coefficient (Wildman–Crippen LogP) is 6.64. The SMILES string of the molecule is CCCCC(C)CC1C(CC[C@H](C)I)CC[C@@H]1I. The fourth-order valence-corrected chi connectivity index (χ4v) is 4.97. The molecule has 108 valence electrons. The van der Waals surface area contributed by atoms with Gasteiger partial charge in [-0.25, -0.2) is 0 Å². The maximum absolute atomic E-state index is 2.74. The Labute approximate surface area is 142 Å². The van der Waals surface area contributed by atoms with Gasteiger partial charge in [0, 0.05) is 7.85 Å². The van der Waals surface area contributed by atoms with Crippen LogP contribution < -0.4 is 0 Å². The molecular weight excluding hydrogens is 446 g/mol. The molecule has 1 aliphatic rings. The van der Waals surface area contributed by atoms with Crippen LogP contribution in [0.2, 0.25) is 0 Å². The second kappa shape index (κ2) is 9.41. The minimum atomic E-state index is 0.856. The van der Waals surface area contributed by atoms with E-state index in [9.17, 15) is 0 Å². The molecule has 5 atom stereocenters. The highest BCUT2D eigenvalue weighted by Crippen LogP contribution is 2.43. The van der Waals surface area contributed by atoms with Crippen molar-refractivity contribution in [3.8, 4) is 0 Å². The van der Waals surface area contributed by atoms with Gasteiger partial charge in [0.15, 0.2) is 0 Å². The van der Waals surface area contributed by atoms with Gasteiger partial charge >= 0.3 is 0 Å². The highest BCUT2D eigenvalue weighted by atomic mass is 127. The summed E-state index contributed by atoms with van der Waals surface area (Å²) in [5.41, 5.74) is 0. The smallest absolute Gasteiger partial charge is 0.0141 e. The molecule has 0 heterocycles. The molecule has 0 nitrogen and oxygen atoms in total. The van der Waals surface area contributed by atoms with Crippen molar-refractivity contribution in [2.75, 3.05) is 0 Å². The number of hydrogen-bond donors (Lipinski definition) is 0. The minimum Gasteiger partial charge on any atom is -0.0829 e. The predicted molar refractivity (Wildman–Crippen MR) is 100 cm³/mol. The summed E-state index contributed by atoms with van der Waals surface area (Å²) in [6, 6.07) is 0. The van der Waals surface area contributed by atoms with Crippen LogP contribution in [0.1, 0.15) is 72.1 Å². The van der Waals surface area contributed by atoms with Gasteiger partial charge in [0.25, 0.3) is 0 Å². The first-order valence-corrected chi connectivity index (χ1v) is 10.3. The Morgan fingerprint density at radius 3 is 2.50 bits per heavy atom. The van der Waals surface area contributed by atoms with Crippen molar-refractivity contribution in [2.24, 2.45) is 17.8 Å². The molecule has 0 amide bonds. The average molecular weight is 476 g/mol. The van der Waals surface area contributed by atoms with E-state index in [1.807, 2.05) is 0 Å². The average Bonchev–Trinajstić information content (AvgIpc) is 2.66. The first-order valence-electron chi connectivity index (χ1n) is 7.82. The maximum Gasteiger partial charge on any atom is 0.0141 e. The zero-order valence-corrected chi connectivity index (χ0v) is 16.6. The van der Waals surface area contributed by atoms with Crippen LogP contribution in [0.4, 0.5) is 0 Å².